The third-order valence-corrected chi connectivity index (χ3v) is 10.5. The molecule has 1 aromatic heterocycles. The van der Waals surface area contributed by atoms with Gasteiger partial charge in [0.2, 0.25) is 0 Å². The number of rotatable bonds is 3. The van der Waals surface area contributed by atoms with Gasteiger partial charge in [0.15, 0.2) is 0 Å². The maximum atomic E-state index is 5.34. The lowest BCUT2D eigenvalue weighted by Gasteiger charge is -2.38. The standard InChI is InChI=1S/C18H25NSi/c1-8-17-9-10-18(19-13-17)11-12-20(14(2)3,15(4)5)16(6)7/h1,9-10,13-16H,2-7H3. The zero-order valence-electron chi connectivity index (χ0n) is 13.5. The van der Waals surface area contributed by atoms with Crippen molar-refractivity contribution in [2.45, 2.75) is 58.2 Å². The largest absolute Gasteiger partial charge is 0.247 e. The van der Waals surface area contributed by atoms with Crippen molar-refractivity contribution in [3.63, 3.8) is 0 Å². The number of nitrogens with zero attached hydrogens (tertiary/aromatic N) is 1. The van der Waals surface area contributed by atoms with Crippen LogP contribution in [-0.2, 0) is 0 Å². The van der Waals surface area contributed by atoms with Crippen LogP contribution in [0.25, 0.3) is 0 Å². The average molecular weight is 283 g/mol. The highest BCUT2D eigenvalue weighted by atomic mass is 28.3. The van der Waals surface area contributed by atoms with Crippen LogP contribution in [0.1, 0.15) is 52.8 Å². The van der Waals surface area contributed by atoms with Gasteiger partial charge in [-0.25, -0.2) is 4.98 Å². The molecule has 1 rings (SSSR count). The summed E-state index contributed by atoms with van der Waals surface area (Å²) in [6.45, 7) is 13.9. The predicted octanol–water partition coefficient (Wildman–Crippen LogP) is 4.63. The van der Waals surface area contributed by atoms with E-state index in [-0.39, 0.29) is 0 Å². The van der Waals surface area contributed by atoms with Gasteiger partial charge in [-0.3, -0.25) is 0 Å². The molecule has 0 bridgehead atoms. The summed E-state index contributed by atoms with van der Waals surface area (Å²) in [4.78, 5) is 4.34. The minimum absolute atomic E-state index is 0.639. The third kappa shape index (κ3) is 3.32. The Morgan fingerprint density at radius 3 is 1.90 bits per heavy atom. The van der Waals surface area contributed by atoms with E-state index in [0.717, 1.165) is 11.3 Å². The zero-order chi connectivity index (χ0) is 15.3. The van der Waals surface area contributed by atoms with Crippen LogP contribution in [-0.4, -0.2) is 13.1 Å². The molecule has 0 saturated carbocycles. The molecule has 20 heavy (non-hydrogen) atoms. The Hall–Kier alpha value is -1.51. The number of hydrogen-bond donors (Lipinski definition) is 0. The Kier molecular flexibility index (Phi) is 5.60. The van der Waals surface area contributed by atoms with Crippen molar-refractivity contribution < 1.29 is 0 Å². The van der Waals surface area contributed by atoms with Crippen LogP contribution >= 0.6 is 0 Å². The normalized spacial score (nSPS) is 11.4. The van der Waals surface area contributed by atoms with Crippen molar-refractivity contribution in [3.8, 4) is 23.8 Å². The first-order valence-electron chi connectivity index (χ1n) is 7.30. The lowest BCUT2D eigenvalue weighted by atomic mass is 10.3. The van der Waals surface area contributed by atoms with Crippen molar-refractivity contribution in [3.05, 3.63) is 29.6 Å². The van der Waals surface area contributed by atoms with Crippen LogP contribution in [0.4, 0.5) is 0 Å². The van der Waals surface area contributed by atoms with Gasteiger partial charge in [-0.2, -0.15) is 0 Å². The van der Waals surface area contributed by atoms with Crippen molar-refractivity contribution >= 4 is 8.07 Å². The molecule has 0 aliphatic heterocycles. The third-order valence-electron chi connectivity index (χ3n) is 4.20. The summed E-state index contributed by atoms with van der Waals surface area (Å²) < 4.78 is 0. The van der Waals surface area contributed by atoms with Crippen molar-refractivity contribution in [1.82, 2.24) is 4.98 Å². The second-order valence-corrected chi connectivity index (χ2v) is 11.8. The smallest absolute Gasteiger partial charge is 0.146 e. The van der Waals surface area contributed by atoms with E-state index in [2.05, 4.69) is 63.9 Å². The fourth-order valence-corrected chi connectivity index (χ4v) is 8.37. The van der Waals surface area contributed by atoms with Crippen LogP contribution < -0.4 is 0 Å². The summed E-state index contributed by atoms with van der Waals surface area (Å²) in [6, 6.07) is 3.82. The maximum Gasteiger partial charge on any atom is 0.146 e. The van der Waals surface area contributed by atoms with E-state index >= 15 is 0 Å². The zero-order valence-corrected chi connectivity index (χ0v) is 14.5. The van der Waals surface area contributed by atoms with Gasteiger partial charge < -0.3 is 0 Å². The predicted molar refractivity (Wildman–Crippen MR) is 90.1 cm³/mol. The van der Waals surface area contributed by atoms with Crippen molar-refractivity contribution in [2.24, 2.45) is 0 Å². The minimum atomic E-state index is -1.67. The summed E-state index contributed by atoms with van der Waals surface area (Å²) in [5, 5.41) is 0. The van der Waals surface area contributed by atoms with Gasteiger partial charge in [0.05, 0.1) is 0 Å². The molecule has 0 saturated heterocycles. The minimum Gasteiger partial charge on any atom is -0.247 e. The Balaban J connectivity index is 3.20. The molecule has 1 aromatic rings. The highest BCUT2D eigenvalue weighted by Crippen LogP contribution is 2.40. The highest BCUT2D eigenvalue weighted by molar-refractivity contribution is 6.90. The first kappa shape index (κ1) is 16.5. The van der Waals surface area contributed by atoms with E-state index in [1.165, 1.54) is 0 Å². The Morgan fingerprint density at radius 2 is 1.55 bits per heavy atom. The molecule has 0 aromatic carbocycles. The fourth-order valence-electron chi connectivity index (χ4n) is 3.16. The fraction of sp³-hybridized carbons (Fsp3) is 0.500. The van der Waals surface area contributed by atoms with Gasteiger partial charge >= 0.3 is 0 Å². The van der Waals surface area contributed by atoms with Gasteiger partial charge in [0, 0.05) is 11.8 Å². The molecule has 0 aliphatic rings. The Morgan fingerprint density at radius 1 is 1.00 bits per heavy atom. The molecule has 0 atom stereocenters. The molecule has 1 nitrogen and oxygen atoms in total. The van der Waals surface area contributed by atoms with Crippen LogP contribution in [0.2, 0.25) is 16.6 Å². The topological polar surface area (TPSA) is 12.9 Å². The van der Waals surface area contributed by atoms with Crippen LogP contribution in [0.3, 0.4) is 0 Å². The van der Waals surface area contributed by atoms with E-state index in [1.807, 2.05) is 12.1 Å². The second kappa shape index (κ2) is 6.78. The number of pyridine rings is 1. The molecule has 0 N–H and O–H groups in total. The van der Waals surface area contributed by atoms with E-state index in [0.29, 0.717) is 16.6 Å². The molecule has 2 heteroatoms. The highest BCUT2D eigenvalue weighted by Gasteiger charge is 2.41. The molecule has 0 unspecified atom stereocenters. The number of hydrogen-bond acceptors (Lipinski definition) is 1. The summed E-state index contributed by atoms with van der Waals surface area (Å²) in [7, 11) is -1.67. The van der Waals surface area contributed by atoms with Crippen LogP contribution in [0.15, 0.2) is 18.3 Å². The summed E-state index contributed by atoms with van der Waals surface area (Å²) in [6.07, 6.45) is 7.06. The van der Waals surface area contributed by atoms with Gasteiger partial charge in [-0.1, -0.05) is 53.4 Å². The van der Waals surface area contributed by atoms with Crippen LogP contribution in [0, 0.1) is 23.8 Å². The number of aromatic nitrogens is 1. The molecule has 0 amide bonds. The lowest BCUT2D eigenvalue weighted by Crippen LogP contribution is -2.43. The summed E-state index contributed by atoms with van der Waals surface area (Å²) >= 11 is 0. The van der Waals surface area contributed by atoms with E-state index in [4.69, 9.17) is 6.42 Å². The molecule has 0 radical (unpaired) electrons. The Labute approximate surface area is 125 Å². The van der Waals surface area contributed by atoms with Gasteiger partial charge in [0.25, 0.3) is 0 Å². The molecular weight excluding hydrogens is 258 g/mol. The summed E-state index contributed by atoms with van der Waals surface area (Å²) in [5.74, 6) is 5.89. The van der Waals surface area contributed by atoms with Crippen molar-refractivity contribution in [1.29, 1.82) is 0 Å². The van der Waals surface area contributed by atoms with Gasteiger partial charge in [-0.05, 0) is 28.8 Å². The SMILES string of the molecule is C#Cc1ccc(C#C[Si](C(C)C)(C(C)C)C(C)C)nc1. The molecule has 0 aliphatic carbocycles. The van der Waals surface area contributed by atoms with Crippen molar-refractivity contribution in [2.75, 3.05) is 0 Å². The van der Waals surface area contributed by atoms with Gasteiger partial charge in [0.1, 0.15) is 13.8 Å². The molecule has 0 fully saturated rings. The molecular formula is C18H25NSi. The van der Waals surface area contributed by atoms with E-state index < -0.39 is 8.07 Å². The number of terminal acetylenes is 1. The molecule has 106 valence electrons. The second-order valence-electron chi connectivity index (χ2n) is 6.22. The first-order valence-corrected chi connectivity index (χ1v) is 9.53. The molecule has 0 spiro atoms. The van der Waals surface area contributed by atoms with E-state index in [9.17, 15) is 0 Å². The Bertz CT molecular complexity index is 514. The lowest BCUT2D eigenvalue weighted by molar-refractivity contribution is 0.838. The van der Waals surface area contributed by atoms with E-state index in [1.54, 1.807) is 6.20 Å². The quantitative estimate of drug-likeness (QED) is 0.582. The van der Waals surface area contributed by atoms with Crippen LogP contribution in [0.5, 0.6) is 0 Å². The maximum absolute atomic E-state index is 5.34. The summed E-state index contributed by atoms with van der Waals surface area (Å²) in [5.41, 5.74) is 7.20. The monoisotopic (exact) mass is 283 g/mol. The first-order chi connectivity index (χ1) is 9.34. The average Bonchev–Trinajstić information content (AvgIpc) is 2.38. The van der Waals surface area contributed by atoms with Gasteiger partial charge in [-0.15, -0.1) is 12.0 Å². The molecule has 1 heterocycles.